The zero-order valence-corrected chi connectivity index (χ0v) is 21.5. The third-order valence-electron chi connectivity index (χ3n) is 4.91. The summed E-state index contributed by atoms with van der Waals surface area (Å²) in [5, 5.41) is -0.0453. The second-order valence-corrected chi connectivity index (χ2v) is 9.82. The number of ether oxygens (including phenoxy) is 2. The lowest BCUT2D eigenvalue weighted by Crippen LogP contribution is -2.27. The number of halogens is 2. The van der Waals surface area contributed by atoms with Crippen molar-refractivity contribution in [2.24, 2.45) is 0 Å². The SMILES string of the molecule is COc1cc(/C=C2\SC(=O)N(Cc3ccc(I)cc3)C2=O)ccc1OC(=O)c1ccccc1Cl. The van der Waals surface area contributed by atoms with E-state index in [4.69, 9.17) is 21.1 Å². The van der Waals surface area contributed by atoms with E-state index in [1.54, 1.807) is 48.5 Å². The van der Waals surface area contributed by atoms with Gasteiger partial charge in [-0.2, -0.15) is 0 Å². The highest BCUT2D eigenvalue weighted by atomic mass is 127. The smallest absolute Gasteiger partial charge is 0.345 e. The van der Waals surface area contributed by atoms with Gasteiger partial charge in [0.15, 0.2) is 11.5 Å². The number of carbonyl (C=O) groups excluding carboxylic acids is 3. The number of hydrogen-bond acceptors (Lipinski definition) is 6. The fraction of sp³-hybridized carbons (Fsp3) is 0.0800. The Morgan fingerprint density at radius 3 is 2.50 bits per heavy atom. The number of thioether (sulfide) groups is 1. The van der Waals surface area contributed by atoms with Crippen molar-refractivity contribution < 1.29 is 23.9 Å². The second kappa shape index (κ2) is 10.6. The van der Waals surface area contributed by atoms with Crippen molar-refractivity contribution in [1.82, 2.24) is 4.90 Å². The standard InChI is InChI=1S/C25H17ClINO5S/c1-32-21-12-16(8-11-20(21)33-24(30)18-4-2-3-5-19(18)26)13-22-23(29)28(25(31)34-22)14-15-6-9-17(27)10-7-15/h2-13H,14H2,1H3/b22-13-. The van der Waals surface area contributed by atoms with E-state index in [0.29, 0.717) is 16.2 Å². The molecule has 4 rings (SSSR count). The molecule has 0 N–H and O–H groups in total. The number of nitrogens with zero attached hydrogens (tertiary/aromatic N) is 1. The Labute approximate surface area is 219 Å². The maximum atomic E-state index is 12.8. The Bertz CT molecular complexity index is 1310. The molecule has 0 radical (unpaired) electrons. The zero-order chi connectivity index (χ0) is 24.2. The molecule has 0 aromatic heterocycles. The van der Waals surface area contributed by atoms with Gasteiger partial charge in [0.25, 0.3) is 11.1 Å². The monoisotopic (exact) mass is 605 g/mol. The quantitative estimate of drug-likeness (QED) is 0.140. The summed E-state index contributed by atoms with van der Waals surface area (Å²) in [6.45, 7) is 0.208. The van der Waals surface area contributed by atoms with Crippen LogP contribution in [-0.2, 0) is 11.3 Å². The van der Waals surface area contributed by atoms with Gasteiger partial charge in [0.1, 0.15) is 0 Å². The molecule has 6 nitrogen and oxygen atoms in total. The van der Waals surface area contributed by atoms with E-state index in [1.807, 2.05) is 24.3 Å². The Morgan fingerprint density at radius 1 is 1.06 bits per heavy atom. The Balaban J connectivity index is 1.52. The summed E-state index contributed by atoms with van der Waals surface area (Å²) < 4.78 is 11.9. The molecule has 172 valence electrons. The molecule has 1 aliphatic heterocycles. The Kier molecular flexibility index (Phi) is 7.60. The third-order valence-corrected chi connectivity index (χ3v) is 6.87. The van der Waals surface area contributed by atoms with Crippen molar-refractivity contribution in [3.8, 4) is 11.5 Å². The lowest BCUT2D eigenvalue weighted by molar-refractivity contribution is -0.123. The fourth-order valence-corrected chi connectivity index (χ4v) is 4.61. The van der Waals surface area contributed by atoms with E-state index in [1.165, 1.54) is 12.0 Å². The van der Waals surface area contributed by atoms with Crippen LogP contribution in [0.15, 0.2) is 71.6 Å². The van der Waals surface area contributed by atoms with Gasteiger partial charge in [-0.15, -0.1) is 0 Å². The predicted molar refractivity (Wildman–Crippen MR) is 140 cm³/mol. The third kappa shape index (κ3) is 5.45. The molecular formula is C25H17ClINO5S. The molecule has 0 aliphatic carbocycles. The van der Waals surface area contributed by atoms with Gasteiger partial charge < -0.3 is 9.47 Å². The number of esters is 1. The summed E-state index contributed by atoms with van der Waals surface area (Å²) in [6.07, 6.45) is 1.61. The molecule has 1 saturated heterocycles. The van der Waals surface area contributed by atoms with Crippen molar-refractivity contribution in [2.75, 3.05) is 7.11 Å². The van der Waals surface area contributed by atoms with E-state index >= 15 is 0 Å². The minimum Gasteiger partial charge on any atom is -0.493 e. The van der Waals surface area contributed by atoms with Crippen LogP contribution in [0.4, 0.5) is 4.79 Å². The van der Waals surface area contributed by atoms with Crippen molar-refractivity contribution in [1.29, 1.82) is 0 Å². The normalized spacial score (nSPS) is 14.6. The highest BCUT2D eigenvalue weighted by Gasteiger charge is 2.35. The van der Waals surface area contributed by atoms with Crippen LogP contribution in [0.5, 0.6) is 11.5 Å². The van der Waals surface area contributed by atoms with Crippen LogP contribution in [0.1, 0.15) is 21.5 Å². The molecule has 2 amide bonds. The molecule has 3 aromatic rings. The van der Waals surface area contributed by atoms with E-state index in [-0.39, 0.29) is 34.0 Å². The van der Waals surface area contributed by atoms with E-state index in [0.717, 1.165) is 20.9 Å². The molecule has 1 heterocycles. The van der Waals surface area contributed by atoms with Gasteiger partial charge in [0, 0.05) is 3.57 Å². The molecular weight excluding hydrogens is 589 g/mol. The number of carbonyl (C=O) groups is 3. The molecule has 34 heavy (non-hydrogen) atoms. The Morgan fingerprint density at radius 2 is 1.79 bits per heavy atom. The van der Waals surface area contributed by atoms with Crippen molar-refractivity contribution in [2.45, 2.75) is 6.54 Å². The van der Waals surface area contributed by atoms with Crippen LogP contribution in [0.25, 0.3) is 6.08 Å². The molecule has 9 heteroatoms. The minimum atomic E-state index is -0.617. The van der Waals surface area contributed by atoms with Gasteiger partial charge in [0.2, 0.25) is 0 Å². The van der Waals surface area contributed by atoms with Crippen molar-refractivity contribution in [3.63, 3.8) is 0 Å². The first-order chi connectivity index (χ1) is 16.4. The predicted octanol–water partition coefficient (Wildman–Crippen LogP) is 6.41. The number of amides is 2. The number of benzene rings is 3. The first-order valence-corrected chi connectivity index (χ1v) is 12.3. The maximum absolute atomic E-state index is 12.8. The molecule has 3 aromatic carbocycles. The summed E-state index contributed by atoms with van der Waals surface area (Å²) in [7, 11) is 1.45. The summed E-state index contributed by atoms with van der Waals surface area (Å²) in [4.78, 5) is 39.3. The molecule has 0 bridgehead atoms. The number of hydrogen-bond donors (Lipinski definition) is 0. The largest absolute Gasteiger partial charge is 0.493 e. The van der Waals surface area contributed by atoms with Crippen LogP contribution in [0, 0.1) is 3.57 Å². The average molecular weight is 606 g/mol. The highest BCUT2D eigenvalue weighted by molar-refractivity contribution is 14.1. The topological polar surface area (TPSA) is 72.9 Å². The fourth-order valence-electron chi connectivity index (χ4n) is 3.20. The first kappa shape index (κ1) is 24.3. The first-order valence-electron chi connectivity index (χ1n) is 10.0. The van der Waals surface area contributed by atoms with Gasteiger partial charge in [-0.25, -0.2) is 4.79 Å². The Hall–Kier alpha value is -2.82. The molecule has 0 spiro atoms. The highest BCUT2D eigenvalue weighted by Crippen LogP contribution is 2.35. The van der Waals surface area contributed by atoms with Gasteiger partial charge in [-0.05, 0) is 88.0 Å². The minimum absolute atomic E-state index is 0.205. The zero-order valence-electron chi connectivity index (χ0n) is 17.8. The summed E-state index contributed by atoms with van der Waals surface area (Å²) >= 11 is 9.15. The summed E-state index contributed by atoms with van der Waals surface area (Å²) in [6, 6.07) is 19.1. The van der Waals surface area contributed by atoms with E-state index < -0.39 is 5.97 Å². The van der Waals surface area contributed by atoms with Crippen LogP contribution in [-0.4, -0.2) is 29.1 Å². The lowest BCUT2D eigenvalue weighted by atomic mass is 10.1. The molecule has 0 atom stereocenters. The summed E-state index contributed by atoms with van der Waals surface area (Å²) in [5.41, 5.74) is 1.72. The lowest BCUT2D eigenvalue weighted by Gasteiger charge is -2.12. The van der Waals surface area contributed by atoms with Gasteiger partial charge in [0.05, 0.1) is 29.1 Å². The van der Waals surface area contributed by atoms with E-state index in [2.05, 4.69) is 22.6 Å². The van der Waals surface area contributed by atoms with Gasteiger partial charge >= 0.3 is 5.97 Å². The van der Waals surface area contributed by atoms with Crippen LogP contribution in [0.3, 0.4) is 0 Å². The number of rotatable bonds is 6. The van der Waals surface area contributed by atoms with E-state index in [9.17, 15) is 14.4 Å². The molecule has 0 unspecified atom stereocenters. The van der Waals surface area contributed by atoms with Crippen molar-refractivity contribution >= 4 is 69.1 Å². The van der Waals surface area contributed by atoms with Gasteiger partial charge in [-0.1, -0.05) is 41.9 Å². The number of methoxy groups -OCH3 is 1. The molecule has 0 saturated carbocycles. The number of imide groups is 1. The maximum Gasteiger partial charge on any atom is 0.345 e. The summed E-state index contributed by atoms with van der Waals surface area (Å²) in [5.74, 6) is -0.473. The van der Waals surface area contributed by atoms with Crippen LogP contribution >= 0.6 is 46.0 Å². The van der Waals surface area contributed by atoms with Crippen LogP contribution in [0.2, 0.25) is 5.02 Å². The average Bonchev–Trinajstić information content (AvgIpc) is 3.08. The molecule has 1 fully saturated rings. The second-order valence-electron chi connectivity index (χ2n) is 7.17. The van der Waals surface area contributed by atoms with Gasteiger partial charge in [-0.3, -0.25) is 14.5 Å². The molecule has 1 aliphatic rings. The van der Waals surface area contributed by atoms with Crippen LogP contribution < -0.4 is 9.47 Å². The van der Waals surface area contributed by atoms with Crippen molar-refractivity contribution in [3.05, 3.63) is 96.9 Å².